The molecule has 1 unspecified atom stereocenters. The summed E-state index contributed by atoms with van der Waals surface area (Å²) in [5.41, 5.74) is 9.55. The van der Waals surface area contributed by atoms with Gasteiger partial charge in [-0.1, -0.05) is 42.5 Å². The monoisotopic (exact) mass is 226 g/mol. The van der Waals surface area contributed by atoms with Crippen LogP contribution in [0.15, 0.2) is 54.6 Å². The van der Waals surface area contributed by atoms with Crippen molar-refractivity contribution in [3.05, 3.63) is 65.7 Å². The van der Waals surface area contributed by atoms with E-state index in [4.69, 9.17) is 5.73 Å². The summed E-state index contributed by atoms with van der Waals surface area (Å²) in [7, 11) is 1.92. The molecule has 0 spiro atoms. The maximum absolute atomic E-state index is 5.89. The van der Waals surface area contributed by atoms with Crippen molar-refractivity contribution in [2.75, 3.05) is 18.9 Å². The van der Waals surface area contributed by atoms with E-state index in [1.807, 2.05) is 13.1 Å². The molecule has 0 fully saturated rings. The molecule has 0 bridgehead atoms. The third-order valence-corrected chi connectivity index (χ3v) is 3.04. The average molecular weight is 226 g/mol. The van der Waals surface area contributed by atoms with Gasteiger partial charge in [-0.05, 0) is 23.3 Å². The topological polar surface area (TPSA) is 38.0 Å². The van der Waals surface area contributed by atoms with E-state index >= 15 is 0 Å². The third kappa shape index (κ3) is 2.66. The standard InChI is InChI=1S/C15H18N2/c1-17-14-9-7-13(8-10-14)15(11-16)12-5-3-2-4-6-12/h2-10,15,17H,11,16H2,1H3. The van der Waals surface area contributed by atoms with Crippen molar-refractivity contribution in [2.24, 2.45) is 5.73 Å². The lowest BCUT2D eigenvalue weighted by Gasteiger charge is -2.16. The van der Waals surface area contributed by atoms with Crippen molar-refractivity contribution in [3.8, 4) is 0 Å². The zero-order valence-corrected chi connectivity index (χ0v) is 10.1. The number of rotatable bonds is 4. The van der Waals surface area contributed by atoms with Crippen LogP contribution in [0.3, 0.4) is 0 Å². The van der Waals surface area contributed by atoms with Crippen molar-refractivity contribution in [2.45, 2.75) is 5.92 Å². The van der Waals surface area contributed by atoms with Crippen molar-refractivity contribution in [1.82, 2.24) is 0 Å². The van der Waals surface area contributed by atoms with Gasteiger partial charge in [0.25, 0.3) is 0 Å². The summed E-state index contributed by atoms with van der Waals surface area (Å²) in [4.78, 5) is 0. The molecule has 0 aliphatic heterocycles. The Kier molecular flexibility index (Phi) is 3.78. The number of anilines is 1. The normalized spacial score (nSPS) is 12.1. The number of nitrogens with one attached hydrogen (secondary N) is 1. The van der Waals surface area contributed by atoms with E-state index in [0.717, 1.165) is 5.69 Å². The van der Waals surface area contributed by atoms with E-state index in [2.05, 4.69) is 53.8 Å². The van der Waals surface area contributed by atoms with Crippen LogP contribution in [0.5, 0.6) is 0 Å². The molecule has 2 aromatic rings. The molecule has 0 aromatic heterocycles. The maximum atomic E-state index is 5.89. The number of hydrogen-bond acceptors (Lipinski definition) is 2. The molecule has 2 rings (SSSR count). The fourth-order valence-corrected chi connectivity index (χ4v) is 2.03. The predicted octanol–water partition coefficient (Wildman–Crippen LogP) is 2.82. The number of benzene rings is 2. The fourth-order valence-electron chi connectivity index (χ4n) is 2.03. The van der Waals surface area contributed by atoms with Crippen molar-refractivity contribution < 1.29 is 0 Å². The minimum Gasteiger partial charge on any atom is -0.388 e. The molecule has 0 saturated carbocycles. The molecule has 0 heterocycles. The first-order chi connectivity index (χ1) is 8.35. The Bertz CT molecular complexity index is 448. The summed E-state index contributed by atoms with van der Waals surface area (Å²) < 4.78 is 0. The van der Waals surface area contributed by atoms with Crippen molar-refractivity contribution in [1.29, 1.82) is 0 Å². The number of hydrogen-bond donors (Lipinski definition) is 2. The highest BCUT2D eigenvalue weighted by molar-refractivity contribution is 5.46. The highest BCUT2D eigenvalue weighted by Gasteiger charge is 2.11. The van der Waals surface area contributed by atoms with Gasteiger partial charge in [0.1, 0.15) is 0 Å². The lowest BCUT2D eigenvalue weighted by molar-refractivity contribution is 0.819. The molecule has 0 aliphatic rings. The smallest absolute Gasteiger partial charge is 0.0337 e. The van der Waals surface area contributed by atoms with Crippen LogP contribution in [0, 0.1) is 0 Å². The van der Waals surface area contributed by atoms with Crippen LogP contribution in [0.4, 0.5) is 5.69 Å². The van der Waals surface area contributed by atoms with Crippen LogP contribution >= 0.6 is 0 Å². The van der Waals surface area contributed by atoms with Crippen molar-refractivity contribution >= 4 is 5.69 Å². The van der Waals surface area contributed by atoms with Crippen LogP contribution in [0.25, 0.3) is 0 Å². The first-order valence-electron chi connectivity index (χ1n) is 5.88. The summed E-state index contributed by atoms with van der Waals surface area (Å²) in [6.07, 6.45) is 0. The molecule has 2 nitrogen and oxygen atoms in total. The zero-order chi connectivity index (χ0) is 12.1. The van der Waals surface area contributed by atoms with Crippen LogP contribution in [0.1, 0.15) is 17.0 Å². The lowest BCUT2D eigenvalue weighted by Crippen LogP contribution is -2.13. The predicted molar refractivity (Wildman–Crippen MR) is 73.3 cm³/mol. The lowest BCUT2D eigenvalue weighted by atomic mass is 9.91. The zero-order valence-electron chi connectivity index (χ0n) is 10.1. The van der Waals surface area contributed by atoms with Crippen LogP contribution in [-0.2, 0) is 0 Å². The Morgan fingerprint density at radius 1 is 0.941 bits per heavy atom. The summed E-state index contributed by atoms with van der Waals surface area (Å²) >= 11 is 0. The Morgan fingerprint density at radius 2 is 1.53 bits per heavy atom. The highest BCUT2D eigenvalue weighted by Crippen LogP contribution is 2.24. The molecule has 2 aromatic carbocycles. The Balaban J connectivity index is 2.29. The molecule has 2 heteroatoms. The van der Waals surface area contributed by atoms with Gasteiger partial charge in [0.15, 0.2) is 0 Å². The summed E-state index contributed by atoms with van der Waals surface area (Å²) in [6, 6.07) is 18.8. The van der Waals surface area contributed by atoms with E-state index < -0.39 is 0 Å². The van der Waals surface area contributed by atoms with Gasteiger partial charge in [-0.15, -0.1) is 0 Å². The van der Waals surface area contributed by atoms with Crippen molar-refractivity contribution in [3.63, 3.8) is 0 Å². The molecule has 0 saturated heterocycles. The SMILES string of the molecule is CNc1ccc(C(CN)c2ccccc2)cc1. The van der Waals surface area contributed by atoms with Crippen LogP contribution < -0.4 is 11.1 Å². The van der Waals surface area contributed by atoms with Gasteiger partial charge in [0.05, 0.1) is 0 Å². The van der Waals surface area contributed by atoms with Gasteiger partial charge in [-0.25, -0.2) is 0 Å². The molecule has 17 heavy (non-hydrogen) atoms. The van der Waals surface area contributed by atoms with Crippen LogP contribution in [-0.4, -0.2) is 13.6 Å². The quantitative estimate of drug-likeness (QED) is 0.841. The first kappa shape index (κ1) is 11.7. The van der Waals surface area contributed by atoms with Crippen LogP contribution in [0.2, 0.25) is 0 Å². The molecular formula is C15H18N2. The van der Waals surface area contributed by atoms with Gasteiger partial charge < -0.3 is 11.1 Å². The summed E-state index contributed by atoms with van der Waals surface area (Å²) in [6.45, 7) is 0.628. The van der Waals surface area contributed by atoms with E-state index in [1.54, 1.807) is 0 Å². The molecule has 0 radical (unpaired) electrons. The molecule has 3 N–H and O–H groups in total. The maximum Gasteiger partial charge on any atom is 0.0337 e. The fraction of sp³-hybridized carbons (Fsp3) is 0.200. The molecule has 0 amide bonds. The first-order valence-corrected chi connectivity index (χ1v) is 5.88. The second-order valence-corrected chi connectivity index (χ2v) is 4.07. The minimum atomic E-state index is 0.280. The summed E-state index contributed by atoms with van der Waals surface area (Å²) in [5, 5.41) is 3.12. The largest absolute Gasteiger partial charge is 0.388 e. The van der Waals surface area contributed by atoms with Gasteiger partial charge in [0.2, 0.25) is 0 Å². The Morgan fingerprint density at radius 3 is 2.06 bits per heavy atom. The third-order valence-electron chi connectivity index (χ3n) is 3.04. The van der Waals surface area contributed by atoms with E-state index in [-0.39, 0.29) is 5.92 Å². The average Bonchev–Trinajstić information content (AvgIpc) is 2.42. The van der Waals surface area contributed by atoms with Gasteiger partial charge >= 0.3 is 0 Å². The van der Waals surface area contributed by atoms with E-state index in [0.29, 0.717) is 6.54 Å². The molecule has 88 valence electrons. The number of nitrogens with two attached hydrogens (primary N) is 1. The van der Waals surface area contributed by atoms with Gasteiger partial charge in [-0.2, -0.15) is 0 Å². The Hall–Kier alpha value is -1.80. The molecule has 0 aliphatic carbocycles. The van der Waals surface area contributed by atoms with E-state index in [1.165, 1.54) is 11.1 Å². The van der Waals surface area contributed by atoms with Gasteiger partial charge in [0, 0.05) is 25.2 Å². The highest BCUT2D eigenvalue weighted by atomic mass is 14.8. The second-order valence-electron chi connectivity index (χ2n) is 4.07. The van der Waals surface area contributed by atoms with Gasteiger partial charge in [-0.3, -0.25) is 0 Å². The minimum absolute atomic E-state index is 0.280. The molecule has 1 atom stereocenters. The molecular weight excluding hydrogens is 208 g/mol. The summed E-state index contributed by atoms with van der Waals surface area (Å²) in [5.74, 6) is 0.280. The second kappa shape index (κ2) is 5.51. The Labute approximate surface area is 102 Å². The van der Waals surface area contributed by atoms with E-state index in [9.17, 15) is 0 Å².